The van der Waals surface area contributed by atoms with Crippen LogP contribution in [0.1, 0.15) is 32.3 Å². The SMILES string of the molecule is CCc1ccc(-c2n[nH]c3cnc(-c4cnn(CC)c4)cc23)nc1N1CCCC(N)C1. The number of nitrogens with zero attached hydrogens (tertiary/aromatic N) is 6. The van der Waals surface area contributed by atoms with Crippen LogP contribution in [0.3, 0.4) is 0 Å². The number of nitrogens with one attached hydrogen (secondary N) is 1. The third-order valence-electron chi connectivity index (χ3n) is 6.04. The maximum atomic E-state index is 6.24. The van der Waals surface area contributed by atoms with Crippen molar-refractivity contribution in [2.24, 2.45) is 5.73 Å². The largest absolute Gasteiger partial charge is 0.355 e. The lowest BCUT2D eigenvalue weighted by molar-refractivity contribution is 0.502. The van der Waals surface area contributed by atoms with Crippen molar-refractivity contribution in [3.05, 3.63) is 42.4 Å². The van der Waals surface area contributed by atoms with E-state index in [0.29, 0.717) is 0 Å². The second kappa shape index (κ2) is 8.11. The van der Waals surface area contributed by atoms with Crippen molar-refractivity contribution in [2.75, 3.05) is 18.0 Å². The molecule has 0 spiro atoms. The Kier molecular flexibility index (Phi) is 5.15. The summed E-state index contributed by atoms with van der Waals surface area (Å²) in [5, 5.41) is 13.1. The average Bonchev–Trinajstić information content (AvgIpc) is 3.45. The van der Waals surface area contributed by atoms with Gasteiger partial charge in [-0.1, -0.05) is 13.0 Å². The van der Waals surface area contributed by atoms with Crippen LogP contribution >= 0.6 is 0 Å². The smallest absolute Gasteiger partial charge is 0.132 e. The number of H-pyrrole nitrogens is 1. The summed E-state index contributed by atoms with van der Waals surface area (Å²) in [6.07, 6.45) is 8.80. The molecule has 1 aliphatic rings. The highest BCUT2D eigenvalue weighted by molar-refractivity contribution is 5.93. The average molecular weight is 417 g/mol. The molecule has 0 saturated carbocycles. The lowest BCUT2D eigenvalue weighted by atomic mass is 10.0. The standard InChI is InChI=1S/C23H28N8/c1-3-15-7-8-19(27-23(15)30-9-5-6-17(24)14-30)22-18-10-20(25-12-21(18)28-29-22)16-11-26-31(4-2)13-16/h7-8,10-13,17H,3-6,9,14,24H2,1-2H3,(H,28,29). The van der Waals surface area contributed by atoms with E-state index < -0.39 is 0 Å². The monoisotopic (exact) mass is 416 g/mol. The highest BCUT2D eigenvalue weighted by atomic mass is 15.3. The first-order valence-corrected chi connectivity index (χ1v) is 11.0. The maximum Gasteiger partial charge on any atom is 0.132 e. The fourth-order valence-corrected chi connectivity index (χ4v) is 4.30. The minimum atomic E-state index is 0.202. The Labute approximate surface area is 181 Å². The summed E-state index contributed by atoms with van der Waals surface area (Å²) in [7, 11) is 0. The van der Waals surface area contributed by atoms with Crippen molar-refractivity contribution in [3.63, 3.8) is 0 Å². The van der Waals surface area contributed by atoms with Crippen molar-refractivity contribution >= 4 is 16.7 Å². The van der Waals surface area contributed by atoms with E-state index in [1.807, 2.05) is 23.3 Å². The zero-order valence-electron chi connectivity index (χ0n) is 18.0. The van der Waals surface area contributed by atoms with Gasteiger partial charge in [0, 0.05) is 42.8 Å². The van der Waals surface area contributed by atoms with Gasteiger partial charge in [0.2, 0.25) is 0 Å². The molecule has 31 heavy (non-hydrogen) atoms. The summed E-state index contributed by atoms with van der Waals surface area (Å²) in [6.45, 7) is 6.91. The topological polar surface area (TPSA) is 102 Å². The normalized spacial score (nSPS) is 16.9. The predicted octanol–water partition coefficient (Wildman–Crippen LogP) is 3.39. The van der Waals surface area contributed by atoms with Crippen molar-refractivity contribution in [3.8, 4) is 22.6 Å². The second-order valence-electron chi connectivity index (χ2n) is 8.15. The van der Waals surface area contributed by atoms with Gasteiger partial charge in [-0.2, -0.15) is 10.2 Å². The van der Waals surface area contributed by atoms with Gasteiger partial charge < -0.3 is 10.6 Å². The lowest BCUT2D eigenvalue weighted by Gasteiger charge is -2.33. The molecule has 0 bridgehead atoms. The van der Waals surface area contributed by atoms with Crippen LogP contribution in [0.2, 0.25) is 0 Å². The van der Waals surface area contributed by atoms with E-state index in [-0.39, 0.29) is 6.04 Å². The molecule has 160 valence electrons. The zero-order valence-corrected chi connectivity index (χ0v) is 18.0. The van der Waals surface area contributed by atoms with Gasteiger partial charge >= 0.3 is 0 Å². The van der Waals surface area contributed by atoms with Crippen LogP contribution in [0.4, 0.5) is 5.82 Å². The van der Waals surface area contributed by atoms with Gasteiger partial charge in [-0.3, -0.25) is 14.8 Å². The number of fused-ring (bicyclic) bond motifs is 1. The summed E-state index contributed by atoms with van der Waals surface area (Å²) < 4.78 is 1.90. The van der Waals surface area contributed by atoms with Gasteiger partial charge in [0.05, 0.1) is 29.3 Å². The molecule has 5 rings (SSSR count). The van der Waals surface area contributed by atoms with Gasteiger partial charge in [-0.25, -0.2) is 4.98 Å². The molecule has 0 radical (unpaired) electrons. The Morgan fingerprint density at radius 2 is 2.10 bits per heavy atom. The van der Waals surface area contributed by atoms with Crippen LogP contribution in [0.25, 0.3) is 33.5 Å². The number of pyridine rings is 2. The quantitative estimate of drug-likeness (QED) is 0.517. The molecule has 8 nitrogen and oxygen atoms in total. The number of hydrogen-bond acceptors (Lipinski definition) is 6. The molecule has 4 aromatic rings. The third-order valence-corrected chi connectivity index (χ3v) is 6.04. The first-order chi connectivity index (χ1) is 15.2. The number of aromatic nitrogens is 6. The molecule has 1 saturated heterocycles. The van der Waals surface area contributed by atoms with Gasteiger partial charge in [0.15, 0.2) is 0 Å². The van der Waals surface area contributed by atoms with E-state index >= 15 is 0 Å². The molecular weight excluding hydrogens is 388 g/mol. The molecule has 0 amide bonds. The Balaban J connectivity index is 1.57. The van der Waals surface area contributed by atoms with Crippen LogP contribution in [0.15, 0.2) is 36.8 Å². The lowest BCUT2D eigenvalue weighted by Crippen LogP contribution is -2.43. The minimum absolute atomic E-state index is 0.202. The number of rotatable bonds is 5. The number of aromatic amines is 1. The van der Waals surface area contributed by atoms with E-state index in [2.05, 4.69) is 57.2 Å². The number of piperidine rings is 1. The summed E-state index contributed by atoms with van der Waals surface area (Å²) in [5.74, 6) is 1.03. The highest BCUT2D eigenvalue weighted by Crippen LogP contribution is 2.31. The van der Waals surface area contributed by atoms with Crippen LogP contribution in [-0.4, -0.2) is 49.1 Å². The van der Waals surface area contributed by atoms with Crippen molar-refractivity contribution in [1.29, 1.82) is 0 Å². The van der Waals surface area contributed by atoms with E-state index in [1.165, 1.54) is 5.56 Å². The molecule has 5 heterocycles. The number of aryl methyl sites for hydroxylation is 2. The van der Waals surface area contributed by atoms with E-state index in [0.717, 1.165) is 78.3 Å². The van der Waals surface area contributed by atoms with Crippen LogP contribution in [-0.2, 0) is 13.0 Å². The molecule has 1 fully saturated rings. The summed E-state index contributed by atoms with van der Waals surface area (Å²) in [5.41, 5.74) is 12.0. The second-order valence-corrected chi connectivity index (χ2v) is 8.15. The fraction of sp³-hybridized carbons (Fsp3) is 0.391. The summed E-state index contributed by atoms with van der Waals surface area (Å²) >= 11 is 0. The van der Waals surface area contributed by atoms with Crippen molar-refractivity contribution in [2.45, 2.75) is 45.7 Å². The first kappa shape index (κ1) is 19.7. The summed E-state index contributed by atoms with van der Waals surface area (Å²) in [4.78, 5) is 12.0. The van der Waals surface area contributed by atoms with Crippen LogP contribution in [0, 0.1) is 0 Å². The molecule has 8 heteroatoms. The molecule has 3 N–H and O–H groups in total. The molecule has 0 aromatic carbocycles. The number of nitrogens with two attached hydrogens (primary N) is 1. The van der Waals surface area contributed by atoms with E-state index in [1.54, 1.807) is 0 Å². The van der Waals surface area contributed by atoms with Crippen LogP contribution < -0.4 is 10.6 Å². The predicted molar refractivity (Wildman–Crippen MR) is 123 cm³/mol. The fourth-order valence-electron chi connectivity index (χ4n) is 4.30. The number of anilines is 1. The Morgan fingerprint density at radius 3 is 2.87 bits per heavy atom. The molecule has 1 unspecified atom stereocenters. The third kappa shape index (κ3) is 3.67. The maximum absolute atomic E-state index is 6.24. The van der Waals surface area contributed by atoms with Crippen molar-refractivity contribution < 1.29 is 0 Å². The van der Waals surface area contributed by atoms with Crippen LogP contribution in [0.5, 0.6) is 0 Å². The molecule has 4 aromatic heterocycles. The minimum Gasteiger partial charge on any atom is -0.355 e. The van der Waals surface area contributed by atoms with Gasteiger partial charge in [-0.15, -0.1) is 0 Å². The molecule has 0 aliphatic carbocycles. The Hall–Kier alpha value is -3.26. The molecular formula is C23H28N8. The van der Waals surface area contributed by atoms with E-state index in [9.17, 15) is 0 Å². The van der Waals surface area contributed by atoms with E-state index in [4.69, 9.17) is 10.7 Å². The van der Waals surface area contributed by atoms with Gasteiger partial charge in [0.25, 0.3) is 0 Å². The van der Waals surface area contributed by atoms with Gasteiger partial charge in [-0.05, 0) is 43.9 Å². The first-order valence-electron chi connectivity index (χ1n) is 11.0. The Morgan fingerprint density at radius 1 is 1.19 bits per heavy atom. The highest BCUT2D eigenvalue weighted by Gasteiger charge is 2.21. The number of hydrogen-bond donors (Lipinski definition) is 2. The summed E-state index contributed by atoms with van der Waals surface area (Å²) in [6, 6.07) is 6.51. The van der Waals surface area contributed by atoms with Crippen molar-refractivity contribution in [1.82, 2.24) is 29.9 Å². The van der Waals surface area contributed by atoms with Gasteiger partial charge in [0.1, 0.15) is 11.5 Å². The zero-order chi connectivity index (χ0) is 21.4. The Bertz CT molecular complexity index is 1210. The molecule has 1 atom stereocenters. The molecule has 1 aliphatic heterocycles.